The molecule has 1 atom stereocenters. The van der Waals surface area contributed by atoms with E-state index in [4.69, 9.17) is 0 Å². The molecule has 0 aliphatic carbocycles. The van der Waals surface area contributed by atoms with Gasteiger partial charge < -0.3 is 5.32 Å². The molecule has 3 rings (SSSR count). The highest BCUT2D eigenvalue weighted by Crippen LogP contribution is 2.17. The number of fused-ring (bicyclic) bond motifs is 1. The van der Waals surface area contributed by atoms with Crippen LogP contribution in [0.2, 0.25) is 0 Å². The SMILES string of the molecule is Cc1nn(C)c2ncc(CNC(C)c3ccccn3)cc12. The molecule has 3 aromatic rings. The molecule has 3 aromatic heterocycles. The third kappa shape index (κ3) is 2.78. The highest BCUT2D eigenvalue weighted by molar-refractivity contribution is 5.78. The zero-order valence-electron chi connectivity index (χ0n) is 12.5. The highest BCUT2D eigenvalue weighted by atomic mass is 15.3. The first-order chi connectivity index (χ1) is 10.1. The van der Waals surface area contributed by atoms with E-state index in [0.717, 1.165) is 34.5 Å². The number of nitrogens with one attached hydrogen (secondary N) is 1. The van der Waals surface area contributed by atoms with E-state index in [-0.39, 0.29) is 6.04 Å². The van der Waals surface area contributed by atoms with Crippen molar-refractivity contribution in [2.75, 3.05) is 0 Å². The van der Waals surface area contributed by atoms with E-state index >= 15 is 0 Å². The lowest BCUT2D eigenvalue weighted by atomic mass is 10.1. The topological polar surface area (TPSA) is 55.6 Å². The van der Waals surface area contributed by atoms with Gasteiger partial charge in [0.2, 0.25) is 0 Å². The molecule has 5 heteroatoms. The Balaban J connectivity index is 1.75. The summed E-state index contributed by atoms with van der Waals surface area (Å²) in [5, 5.41) is 8.99. The fourth-order valence-electron chi connectivity index (χ4n) is 2.46. The maximum Gasteiger partial charge on any atom is 0.157 e. The van der Waals surface area contributed by atoms with Gasteiger partial charge in [-0.2, -0.15) is 5.10 Å². The van der Waals surface area contributed by atoms with Crippen molar-refractivity contribution in [3.05, 3.63) is 53.6 Å². The average Bonchev–Trinajstić information content (AvgIpc) is 2.80. The second kappa shape index (κ2) is 5.61. The van der Waals surface area contributed by atoms with Crippen LogP contribution in [0.5, 0.6) is 0 Å². The van der Waals surface area contributed by atoms with Gasteiger partial charge in [0.05, 0.1) is 11.4 Å². The molecule has 0 aliphatic heterocycles. The third-order valence-electron chi connectivity index (χ3n) is 3.66. The van der Waals surface area contributed by atoms with Crippen LogP contribution in [-0.2, 0) is 13.6 Å². The molecule has 0 fully saturated rings. The van der Waals surface area contributed by atoms with Gasteiger partial charge in [-0.05, 0) is 37.6 Å². The minimum absolute atomic E-state index is 0.205. The monoisotopic (exact) mass is 281 g/mol. The summed E-state index contributed by atoms with van der Waals surface area (Å²) in [7, 11) is 1.92. The van der Waals surface area contributed by atoms with Crippen LogP contribution in [0.25, 0.3) is 11.0 Å². The van der Waals surface area contributed by atoms with Gasteiger partial charge in [-0.1, -0.05) is 6.07 Å². The molecule has 108 valence electrons. The van der Waals surface area contributed by atoms with Crippen LogP contribution in [0.1, 0.15) is 29.9 Å². The summed E-state index contributed by atoms with van der Waals surface area (Å²) in [6.45, 7) is 4.89. The maximum absolute atomic E-state index is 4.50. The fourth-order valence-corrected chi connectivity index (χ4v) is 2.46. The van der Waals surface area contributed by atoms with Gasteiger partial charge >= 0.3 is 0 Å². The van der Waals surface area contributed by atoms with Crippen LogP contribution in [0.3, 0.4) is 0 Å². The van der Waals surface area contributed by atoms with Crippen molar-refractivity contribution in [3.63, 3.8) is 0 Å². The van der Waals surface area contributed by atoms with E-state index in [2.05, 4.69) is 33.4 Å². The largest absolute Gasteiger partial charge is 0.305 e. The van der Waals surface area contributed by atoms with Crippen molar-refractivity contribution in [1.29, 1.82) is 0 Å². The van der Waals surface area contributed by atoms with Crippen LogP contribution in [-0.4, -0.2) is 19.7 Å². The molecule has 1 N–H and O–H groups in total. The molecule has 3 heterocycles. The molecule has 0 spiro atoms. The standard InChI is InChI=1S/C16H19N5/c1-11-14-8-13(10-19-16(14)21(3)20-11)9-18-12(2)15-6-4-5-7-17-15/h4-8,10,12,18H,9H2,1-3H3. The second-order valence-corrected chi connectivity index (χ2v) is 5.28. The molecule has 21 heavy (non-hydrogen) atoms. The predicted octanol–water partition coefficient (Wildman–Crippen LogP) is 2.52. The Morgan fingerprint density at radius 3 is 2.90 bits per heavy atom. The van der Waals surface area contributed by atoms with Crippen molar-refractivity contribution in [2.45, 2.75) is 26.4 Å². The summed E-state index contributed by atoms with van der Waals surface area (Å²) in [6.07, 6.45) is 3.72. The average molecular weight is 281 g/mol. The van der Waals surface area contributed by atoms with Gasteiger partial charge in [0.25, 0.3) is 0 Å². The second-order valence-electron chi connectivity index (χ2n) is 5.28. The maximum atomic E-state index is 4.50. The molecule has 0 saturated heterocycles. The normalized spacial score (nSPS) is 12.7. The quantitative estimate of drug-likeness (QED) is 0.798. The number of hydrogen-bond donors (Lipinski definition) is 1. The zero-order valence-corrected chi connectivity index (χ0v) is 12.5. The number of nitrogens with zero attached hydrogens (tertiary/aromatic N) is 4. The Kier molecular flexibility index (Phi) is 3.66. The predicted molar refractivity (Wildman–Crippen MR) is 82.7 cm³/mol. The van der Waals surface area contributed by atoms with Gasteiger partial charge in [-0.3, -0.25) is 9.67 Å². The number of pyridine rings is 2. The Bertz CT molecular complexity index is 748. The summed E-state index contributed by atoms with van der Waals surface area (Å²) in [5.41, 5.74) is 4.14. The molecule has 0 aromatic carbocycles. The number of aromatic nitrogens is 4. The van der Waals surface area contributed by atoms with Crippen molar-refractivity contribution in [1.82, 2.24) is 25.1 Å². The lowest BCUT2D eigenvalue weighted by Crippen LogP contribution is -2.19. The van der Waals surface area contributed by atoms with Crippen molar-refractivity contribution < 1.29 is 0 Å². The molecular weight excluding hydrogens is 262 g/mol. The first-order valence-electron chi connectivity index (χ1n) is 7.07. The van der Waals surface area contributed by atoms with Crippen LogP contribution in [0.15, 0.2) is 36.7 Å². The summed E-state index contributed by atoms with van der Waals surface area (Å²) < 4.78 is 1.82. The van der Waals surface area contributed by atoms with Crippen LogP contribution >= 0.6 is 0 Å². The van der Waals surface area contributed by atoms with Crippen molar-refractivity contribution >= 4 is 11.0 Å². The summed E-state index contributed by atoms with van der Waals surface area (Å²) in [6, 6.07) is 8.33. The molecule has 1 unspecified atom stereocenters. The third-order valence-corrected chi connectivity index (χ3v) is 3.66. The van der Waals surface area contributed by atoms with Crippen LogP contribution in [0, 0.1) is 6.92 Å². The van der Waals surface area contributed by atoms with E-state index in [1.807, 2.05) is 49.2 Å². The number of hydrogen-bond acceptors (Lipinski definition) is 4. The summed E-state index contributed by atoms with van der Waals surface area (Å²) in [4.78, 5) is 8.86. The zero-order chi connectivity index (χ0) is 14.8. The van der Waals surface area contributed by atoms with Crippen molar-refractivity contribution in [3.8, 4) is 0 Å². The smallest absolute Gasteiger partial charge is 0.157 e. The number of rotatable bonds is 4. The first-order valence-corrected chi connectivity index (χ1v) is 7.07. The summed E-state index contributed by atoms with van der Waals surface area (Å²) in [5.74, 6) is 0. The summed E-state index contributed by atoms with van der Waals surface area (Å²) >= 11 is 0. The molecule has 0 bridgehead atoms. The molecule has 0 saturated carbocycles. The fraction of sp³-hybridized carbons (Fsp3) is 0.312. The minimum atomic E-state index is 0.205. The van der Waals surface area contributed by atoms with E-state index in [1.165, 1.54) is 0 Å². The lowest BCUT2D eigenvalue weighted by molar-refractivity contribution is 0.561. The van der Waals surface area contributed by atoms with Gasteiger partial charge in [-0.15, -0.1) is 0 Å². The van der Waals surface area contributed by atoms with Gasteiger partial charge in [0.1, 0.15) is 0 Å². The molecule has 0 aliphatic rings. The Morgan fingerprint density at radius 1 is 1.29 bits per heavy atom. The molecular formula is C16H19N5. The molecule has 5 nitrogen and oxygen atoms in total. The molecule has 0 amide bonds. The van der Waals surface area contributed by atoms with E-state index < -0.39 is 0 Å². The van der Waals surface area contributed by atoms with Gasteiger partial charge in [0.15, 0.2) is 5.65 Å². The highest BCUT2D eigenvalue weighted by Gasteiger charge is 2.09. The minimum Gasteiger partial charge on any atom is -0.305 e. The lowest BCUT2D eigenvalue weighted by Gasteiger charge is -2.13. The van der Waals surface area contributed by atoms with E-state index in [0.29, 0.717) is 0 Å². The van der Waals surface area contributed by atoms with E-state index in [1.54, 1.807) is 0 Å². The Hall–Kier alpha value is -2.27. The Morgan fingerprint density at radius 2 is 2.14 bits per heavy atom. The first kappa shape index (κ1) is 13.7. The van der Waals surface area contributed by atoms with Gasteiger partial charge in [-0.25, -0.2) is 4.98 Å². The van der Waals surface area contributed by atoms with E-state index in [9.17, 15) is 0 Å². The number of aryl methyl sites for hydroxylation is 2. The van der Waals surface area contributed by atoms with Gasteiger partial charge in [0, 0.05) is 37.4 Å². The van der Waals surface area contributed by atoms with Crippen molar-refractivity contribution in [2.24, 2.45) is 7.05 Å². The van der Waals surface area contributed by atoms with Crippen LogP contribution < -0.4 is 5.32 Å². The van der Waals surface area contributed by atoms with Crippen LogP contribution in [0.4, 0.5) is 0 Å². The Labute approximate surface area is 124 Å². The molecule has 0 radical (unpaired) electrons.